The second-order valence-corrected chi connectivity index (χ2v) is 6.74. The van der Waals surface area contributed by atoms with E-state index in [-0.39, 0.29) is 5.91 Å². The van der Waals surface area contributed by atoms with Crippen molar-refractivity contribution in [2.24, 2.45) is 0 Å². The lowest BCUT2D eigenvalue weighted by atomic mass is 10.1. The highest BCUT2D eigenvalue weighted by molar-refractivity contribution is 5.76. The zero-order chi connectivity index (χ0) is 17.9. The summed E-state index contributed by atoms with van der Waals surface area (Å²) in [5.41, 5.74) is 2.62. The molecule has 0 fully saturated rings. The minimum atomic E-state index is 0.145. The molecule has 3 heteroatoms. The van der Waals surface area contributed by atoms with Crippen LogP contribution in [0, 0.1) is 0 Å². The fourth-order valence-corrected chi connectivity index (χ4v) is 2.84. The Labute approximate surface area is 152 Å². The number of hydrogen-bond acceptors (Lipinski definition) is 2. The number of aryl methyl sites for hydroxylation is 1. The van der Waals surface area contributed by atoms with Crippen LogP contribution in [-0.4, -0.2) is 29.9 Å². The van der Waals surface area contributed by atoms with Crippen LogP contribution in [0.25, 0.3) is 0 Å². The smallest absolute Gasteiger partial charge is 0.221 e. The zero-order valence-corrected chi connectivity index (χ0v) is 15.4. The number of carbonyl (C=O) groups is 1. The molecule has 2 aromatic carbocycles. The van der Waals surface area contributed by atoms with Crippen molar-refractivity contribution < 1.29 is 4.79 Å². The van der Waals surface area contributed by atoms with Crippen LogP contribution >= 0.6 is 0 Å². The molecule has 2 aromatic rings. The topological polar surface area (TPSA) is 32.3 Å². The summed E-state index contributed by atoms with van der Waals surface area (Å²) < 4.78 is 0. The number of benzene rings is 2. The molecular formula is C22H30N2O. The van der Waals surface area contributed by atoms with Crippen LogP contribution in [0.3, 0.4) is 0 Å². The summed E-state index contributed by atoms with van der Waals surface area (Å²) >= 11 is 0. The van der Waals surface area contributed by atoms with Crippen molar-refractivity contribution in [3.63, 3.8) is 0 Å². The van der Waals surface area contributed by atoms with Gasteiger partial charge in [-0.3, -0.25) is 9.69 Å². The van der Waals surface area contributed by atoms with Crippen LogP contribution in [0.1, 0.15) is 37.8 Å². The van der Waals surface area contributed by atoms with Crippen LogP contribution in [0.4, 0.5) is 0 Å². The Morgan fingerprint density at radius 1 is 0.960 bits per heavy atom. The van der Waals surface area contributed by atoms with Crippen molar-refractivity contribution in [2.75, 3.05) is 13.1 Å². The fraction of sp³-hybridized carbons (Fsp3) is 0.409. The van der Waals surface area contributed by atoms with Crippen molar-refractivity contribution in [3.8, 4) is 0 Å². The Bertz CT molecular complexity index is 610. The Morgan fingerprint density at radius 3 is 2.16 bits per heavy atom. The van der Waals surface area contributed by atoms with Gasteiger partial charge in [0.2, 0.25) is 5.91 Å². The Hall–Kier alpha value is -2.13. The summed E-state index contributed by atoms with van der Waals surface area (Å²) in [5, 5.41) is 3.05. The molecule has 1 amide bonds. The molecular weight excluding hydrogens is 308 g/mol. The maximum atomic E-state index is 12.1. The van der Waals surface area contributed by atoms with E-state index in [0.29, 0.717) is 12.5 Å². The van der Waals surface area contributed by atoms with Crippen LogP contribution in [-0.2, 0) is 17.8 Å². The molecule has 0 saturated carbocycles. The summed E-state index contributed by atoms with van der Waals surface area (Å²) in [6, 6.07) is 21.3. The SMILES string of the molecule is CC(C)N(CCC(=O)NCCCc1ccccc1)Cc1ccccc1. The van der Waals surface area contributed by atoms with Gasteiger partial charge in [-0.1, -0.05) is 60.7 Å². The first-order valence-electron chi connectivity index (χ1n) is 9.24. The molecule has 2 rings (SSSR count). The van der Waals surface area contributed by atoms with E-state index in [1.807, 2.05) is 12.1 Å². The van der Waals surface area contributed by atoms with Gasteiger partial charge in [-0.25, -0.2) is 0 Å². The van der Waals surface area contributed by atoms with Crippen LogP contribution in [0.5, 0.6) is 0 Å². The molecule has 0 unspecified atom stereocenters. The lowest BCUT2D eigenvalue weighted by Crippen LogP contribution is -2.35. The highest BCUT2D eigenvalue weighted by Crippen LogP contribution is 2.09. The van der Waals surface area contributed by atoms with Gasteiger partial charge in [-0.2, -0.15) is 0 Å². The Morgan fingerprint density at radius 2 is 1.56 bits per heavy atom. The van der Waals surface area contributed by atoms with Gasteiger partial charge in [0.25, 0.3) is 0 Å². The van der Waals surface area contributed by atoms with E-state index in [1.54, 1.807) is 0 Å². The fourth-order valence-electron chi connectivity index (χ4n) is 2.84. The van der Waals surface area contributed by atoms with Crippen LogP contribution in [0.2, 0.25) is 0 Å². The molecule has 0 aliphatic rings. The minimum absolute atomic E-state index is 0.145. The molecule has 134 valence electrons. The predicted molar refractivity (Wildman–Crippen MR) is 104 cm³/mol. The third-order valence-electron chi connectivity index (χ3n) is 4.39. The van der Waals surface area contributed by atoms with Gasteiger partial charge in [0.05, 0.1) is 0 Å². The highest BCUT2D eigenvalue weighted by Gasteiger charge is 2.12. The van der Waals surface area contributed by atoms with Gasteiger partial charge in [-0.15, -0.1) is 0 Å². The number of nitrogens with zero attached hydrogens (tertiary/aromatic N) is 1. The van der Waals surface area contributed by atoms with Crippen molar-refractivity contribution in [2.45, 2.75) is 45.7 Å². The second-order valence-electron chi connectivity index (χ2n) is 6.74. The minimum Gasteiger partial charge on any atom is -0.356 e. The number of rotatable bonds is 10. The summed E-state index contributed by atoms with van der Waals surface area (Å²) in [7, 11) is 0. The summed E-state index contributed by atoms with van der Waals surface area (Å²) in [5.74, 6) is 0.145. The number of nitrogens with one attached hydrogen (secondary N) is 1. The van der Waals surface area contributed by atoms with Crippen molar-refractivity contribution in [3.05, 3.63) is 71.8 Å². The molecule has 0 aliphatic heterocycles. The molecule has 1 N–H and O–H groups in total. The molecule has 0 atom stereocenters. The lowest BCUT2D eigenvalue weighted by molar-refractivity contribution is -0.121. The third-order valence-corrected chi connectivity index (χ3v) is 4.39. The third kappa shape index (κ3) is 7.53. The molecule has 0 aromatic heterocycles. The zero-order valence-electron chi connectivity index (χ0n) is 15.4. The van der Waals surface area contributed by atoms with E-state index < -0.39 is 0 Å². The van der Waals surface area contributed by atoms with Gasteiger partial charge in [0, 0.05) is 32.1 Å². The highest BCUT2D eigenvalue weighted by atomic mass is 16.1. The molecule has 25 heavy (non-hydrogen) atoms. The largest absolute Gasteiger partial charge is 0.356 e. The number of amides is 1. The lowest BCUT2D eigenvalue weighted by Gasteiger charge is -2.26. The van der Waals surface area contributed by atoms with Crippen molar-refractivity contribution in [1.29, 1.82) is 0 Å². The molecule has 0 heterocycles. The predicted octanol–water partition coefficient (Wildman–Crippen LogP) is 4.04. The average Bonchev–Trinajstić information content (AvgIpc) is 2.63. The monoisotopic (exact) mass is 338 g/mol. The van der Waals surface area contributed by atoms with Gasteiger partial charge in [0.15, 0.2) is 0 Å². The second kappa shape index (κ2) is 10.7. The first-order chi connectivity index (χ1) is 12.1. The van der Waals surface area contributed by atoms with E-state index >= 15 is 0 Å². The maximum Gasteiger partial charge on any atom is 0.221 e. The Balaban J connectivity index is 1.66. The van der Waals surface area contributed by atoms with Gasteiger partial charge < -0.3 is 5.32 Å². The van der Waals surface area contributed by atoms with E-state index in [2.05, 4.69) is 72.6 Å². The van der Waals surface area contributed by atoms with E-state index in [4.69, 9.17) is 0 Å². The van der Waals surface area contributed by atoms with Gasteiger partial charge in [0.1, 0.15) is 0 Å². The van der Waals surface area contributed by atoms with Gasteiger partial charge >= 0.3 is 0 Å². The van der Waals surface area contributed by atoms with E-state index in [0.717, 1.165) is 32.5 Å². The molecule has 0 saturated heterocycles. The van der Waals surface area contributed by atoms with Gasteiger partial charge in [-0.05, 0) is 37.8 Å². The molecule has 0 spiro atoms. The summed E-state index contributed by atoms with van der Waals surface area (Å²) in [6.07, 6.45) is 2.54. The van der Waals surface area contributed by atoms with E-state index in [1.165, 1.54) is 11.1 Å². The number of carbonyl (C=O) groups excluding carboxylic acids is 1. The Kier molecular flexibility index (Phi) is 8.20. The summed E-state index contributed by atoms with van der Waals surface area (Å²) in [6.45, 7) is 6.78. The van der Waals surface area contributed by atoms with E-state index in [9.17, 15) is 4.79 Å². The molecule has 3 nitrogen and oxygen atoms in total. The molecule has 0 radical (unpaired) electrons. The first-order valence-corrected chi connectivity index (χ1v) is 9.24. The van der Waals surface area contributed by atoms with Crippen molar-refractivity contribution >= 4 is 5.91 Å². The standard InChI is InChI=1S/C22H30N2O/c1-19(2)24(18-21-12-7-4-8-13-21)17-15-22(25)23-16-9-14-20-10-5-3-6-11-20/h3-8,10-13,19H,9,14-18H2,1-2H3,(H,23,25). The van der Waals surface area contributed by atoms with Crippen molar-refractivity contribution in [1.82, 2.24) is 10.2 Å². The van der Waals surface area contributed by atoms with Crippen LogP contribution in [0.15, 0.2) is 60.7 Å². The quantitative estimate of drug-likeness (QED) is 0.663. The first kappa shape index (κ1) is 19.2. The maximum absolute atomic E-state index is 12.1. The number of hydrogen-bond donors (Lipinski definition) is 1. The average molecular weight is 338 g/mol. The molecule has 0 aliphatic carbocycles. The normalized spacial score (nSPS) is 11.0. The molecule has 0 bridgehead atoms. The van der Waals surface area contributed by atoms with Crippen LogP contribution < -0.4 is 5.32 Å². The summed E-state index contributed by atoms with van der Waals surface area (Å²) in [4.78, 5) is 14.4.